The summed E-state index contributed by atoms with van der Waals surface area (Å²) in [6.45, 7) is 0. The Balaban J connectivity index is 1.51. The highest BCUT2D eigenvalue weighted by atomic mass is 32.2. The molecule has 0 atom stereocenters. The van der Waals surface area contributed by atoms with E-state index < -0.39 is 5.97 Å². The summed E-state index contributed by atoms with van der Waals surface area (Å²) in [6, 6.07) is 28.8. The Morgan fingerprint density at radius 3 is 2.29 bits per heavy atom. The summed E-state index contributed by atoms with van der Waals surface area (Å²) in [5.41, 5.74) is 2.08. The molecule has 7 heteroatoms. The minimum absolute atomic E-state index is 0.148. The molecule has 1 amide bonds. The van der Waals surface area contributed by atoms with Crippen molar-refractivity contribution in [1.82, 2.24) is 0 Å². The predicted molar refractivity (Wildman–Crippen MR) is 134 cm³/mol. The molecular weight excluding hydrogens is 448 g/mol. The highest BCUT2D eigenvalue weighted by molar-refractivity contribution is 8.19. The molecule has 34 heavy (non-hydrogen) atoms. The Morgan fingerprint density at radius 2 is 1.56 bits per heavy atom. The first-order valence-electron chi connectivity index (χ1n) is 10.5. The number of aliphatic imine (C=N–C) groups is 1. The van der Waals surface area contributed by atoms with Gasteiger partial charge in [0, 0.05) is 11.6 Å². The maximum atomic E-state index is 13.4. The molecule has 2 heterocycles. The molecular formula is C27H18N2O4S. The van der Waals surface area contributed by atoms with E-state index in [-0.39, 0.29) is 11.5 Å². The third-order valence-electron chi connectivity index (χ3n) is 5.12. The summed E-state index contributed by atoms with van der Waals surface area (Å²) in [6.07, 6.45) is 1.66. The maximum absolute atomic E-state index is 13.4. The zero-order chi connectivity index (χ0) is 23.5. The highest BCUT2D eigenvalue weighted by Crippen LogP contribution is 2.38. The molecule has 1 fully saturated rings. The predicted octanol–water partition coefficient (Wildman–Crippen LogP) is 6.45. The van der Waals surface area contributed by atoms with Crippen LogP contribution in [0.4, 0.5) is 11.4 Å². The van der Waals surface area contributed by atoms with E-state index in [1.165, 1.54) is 17.8 Å². The lowest BCUT2D eigenvalue weighted by atomic mass is 10.1. The van der Waals surface area contributed by atoms with Crippen molar-refractivity contribution in [3.63, 3.8) is 0 Å². The van der Waals surface area contributed by atoms with Gasteiger partial charge in [-0.3, -0.25) is 9.69 Å². The summed E-state index contributed by atoms with van der Waals surface area (Å²) in [5.74, 6) is -0.387. The zero-order valence-electron chi connectivity index (χ0n) is 17.8. The number of furan rings is 1. The van der Waals surface area contributed by atoms with Gasteiger partial charge < -0.3 is 9.52 Å². The Morgan fingerprint density at radius 1 is 0.882 bits per heavy atom. The zero-order valence-corrected chi connectivity index (χ0v) is 18.6. The van der Waals surface area contributed by atoms with Crippen LogP contribution in [0.5, 0.6) is 0 Å². The molecule has 0 unspecified atom stereocenters. The number of amides is 1. The fourth-order valence-electron chi connectivity index (χ4n) is 3.56. The molecule has 1 saturated heterocycles. The SMILES string of the molecule is O=C(O)c1ccccc1-c1ccc(C=C2SC(=Nc3ccccc3)N(c3ccccc3)C2=O)o1. The maximum Gasteiger partial charge on any atom is 0.336 e. The number of hydrogen-bond acceptors (Lipinski definition) is 5. The van der Waals surface area contributed by atoms with Crippen LogP contribution in [0.15, 0.2) is 111 Å². The normalized spacial score (nSPS) is 15.9. The van der Waals surface area contributed by atoms with Crippen molar-refractivity contribution in [1.29, 1.82) is 0 Å². The monoisotopic (exact) mass is 466 g/mol. The van der Waals surface area contributed by atoms with Crippen LogP contribution in [0.2, 0.25) is 0 Å². The van der Waals surface area contributed by atoms with E-state index in [0.717, 1.165) is 5.69 Å². The van der Waals surface area contributed by atoms with Crippen molar-refractivity contribution in [3.8, 4) is 11.3 Å². The molecule has 0 aliphatic carbocycles. The Labute approximate surface area is 199 Å². The average molecular weight is 467 g/mol. The van der Waals surface area contributed by atoms with Crippen molar-refractivity contribution in [2.45, 2.75) is 0 Å². The molecule has 5 rings (SSSR count). The second kappa shape index (κ2) is 9.25. The van der Waals surface area contributed by atoms with Gasteiger partial charge in [-0.15, -0.1) is 0 Å². The van der Waals surface area contributed by atoms with E-state index in [0.29, 0.717) is 32.8 Å². The number of hydrogen-bond donors (Lipinski definition) is 1. The summed E-state index contributed by atoms with van der Waals surface area (Å²) >= 11 is 1.26. The van der Waals surface area contributed by atoms with Crippen molar-refractivity contribution in [2.24, 2.45) is 4.99 Å². The largest absolute Gasteiger partial charge is 0.478 e. The number of carbonyl (C=O) groups excluding carboxylic acids is 1. The summed E-state index contributed by atoms with van der Waals surface area (Å²) in [4.78, 5) is 31.6. The molecule has 0 radical (unpaired) electrons. The highest BCUT2D eigenvalue weighted by Gasteiger charge is 2.35. The molecule has 1 aliphatic rings. The Bertz CT molecular complexity index is 1430. The first-order chi connectivity index (χ1) is 16.6. The summed E-state index contributed by atoms with van der Waals surface area (Å²) < 4.78 is 5.90. The molecule has 4 aromatic rings. The van der Waals surface area contributed by atoms with E-state index in [1.807, 2.05) is 60.7 Å². The number of anilines is 1. The van der Waals surface area contributed by atoms with Gasteiger partial charge >= 0.3 is 5.97 Å². The van der Waals surface area contributed by atoms with Gasteiger partial charge in [0.25, 0.3) is 5.91 Å². The number of rotatable bonds is 5. The van der Waals surface area contributed by atoms with Gasteiger partial charge in [-0.05, 0) is 54.2 Å². The first kappa shape index (κ1) is 21.5. The second-order valence-electron chi connectivity index (χ2n) is 7.37. The Hall–Kier alpha value is -4.36. The Kier molecular flexibility index (Phi) is 5.84. The summed E-state index contributed by atoms with van der Waals surface area (Å²) in [5, 5.41) is 10.0. The minimum atomic E-state index is -1.03. The number of carboxylic acid groups (broad SMARTS) is 1. The van der Waals surface area contributed by atoms with Crippen molar-refractivity contribution in [3.05, 3.63) is 113 Å². The molecule has 0 saturated carbocycles. The molecule has 166 valence electrons. The van der Waals surface area contributed by atoms with Gasteiger partial charge in [0.15, 0.2) is 5.17 Å². The van der Waals surface area contributed by atoms with Crippen LogP contribution < -0.4 is 4.90 Å². The molecule has 0 bridgehead atoms. The topological polar surface area (TPSA) is 83.1 Å². The number of para-hydroxylation sites is 2. The number of amidine groups is 1. The fourth-order valence-corrected chi connectivity index (χ4v) is 4.54. The van der Waals surface area contributed by atoms with Gasteiger partial charge in [-0.25, -0.2) is 9.79 Å². The lowest BCUT2D eigenvalue weighted by Gasteiger charge is -2.15. The standard InChI is InChI=1S/C27H18N2O4S/c30-25-24(17-20-15-16-23(33-20)21-13-7-8-14-22(21)26(31)32)34-27(28-18-9-3-1-4-10-18)29(25)19-11-5-2-6-12-19/h1-17H,(H,31,32). The molecule has 1 aliphatic heterocycles. The van der Waals surface area contributed by atoms with Crippen LogP contribution >= 0.6 is 11.8 Å². The fraction of sp³-hybridized carbons (Fsp3) is 0. The van der Waals surface area contributed by atoms with E-state index in [2.05, 4.69) is 4.99 Å². The third-order valence-corrected chi connectivity index (χ3v) is 6.09. The van der Waals surface area contributed by atoms with Crippen molar-refractivity contribution >= 4 is 46.3 Å². The number of benzene rings is 3. The number of carboxylic acids is 1. The van der Waals surface area contributed by atoms with Crippen LogP contribution in [0.25, 0.3) is 17.4 Å². The van der Waals surface area contributed by atoms with Crippen LogP contribution in [0.1, 0.15) is 16.1 Å². The molecule has 1 aromatic heterocycles. The van der Waals surface area contributed by atoms with Crippen LogP contribution in [-0.4, -0.2) is 22.2 Å². The van der Waals surface area contributed by atoms with Crippen molar-refractivity contribution < 1.29 is 19.1 Å². The van der Waals surface area contributed by atoms with Gasteiger partial charge in [0.1, 0.15) is 11.5 Å². The quantitative estimate of drug-likeness (QED) is 0.342. The molecule has 1 N–H and O–H groups in total. The lowest BCUT2D eigenvalue weighted by Crippen LogP contribution is -2.28. The minimum Gasteiger partial charge on any atom is -0.478 e. The number of thioether (sulfide) groups is 1. The third kappa shape index (κ3) is 4.29. The molecule has 6 nitrogen and oxygen atoms in total. The molecule has 0 spiro atoms. The van der Waals surface area contributed by atoms with Crippen molar-refractivity contribution in [2.75, 3.05) is 4.90 Å². The number of nitrogens with zero attached hydrogens (tertiary/aromatic N) is 2. The average Bonchev–Trinajstić information content (AvgIpc) is 3.45. The van der Waals surface area contributed by atoms with E-state index in [1.54, 1.807) is 41.3 Å². The van der Waals surface area contributed by atoms with E-state index in [9.17, 15) is 14.7 Å². The van der Waals surface area contributed by atoms with Gasteiger partial charge in [-0.2, -0.15) is 0 Å². The first-order valence-corrected chi connectivity index (χ1v) is 11.3. The molecule has 3 aromatic carbocycles. The number of carbonyl (C=O) groups is 2. The smallest absolute Gasteiger partial charge is 0.336 e. The lowest BCUT2D eigenvalue weighted by molar-refractivity contribution is -0.113. The van der Waals surface area contributed by atoms with Crippen LogP contribution in [-0.2, 0) is 4.79 Å². The van der Waals surface area contributed by atoms with Gasteiger partial charge in [0.05, 0.1) is 21.8 Å². The van der Waals surface area contributed by atoms with Gasteiger partial charge in [-0.1, -0.05) is 54.6 Å². The van der Waals surface area contributed by atoms with E-state index in [4.69, 9.17) is 4.42 Å². The van der Waals surface area contributed by atoms with Crippen LogP contribution in [0, 0.1) is 0 Å². The van der Waals surface area contributed by atoms with Gasteiger partial charge in [0.2, 0.25) is 0 Å². The summed E-state index contributed by atoms with van der Waals surface area (Å²) in [7, 11) is 0. The van der Waals surface area contributed by atoms with Crippen LogP contribution in [0.3, 0.4) is 0 Å². The number of aromatic carboxylic acids is 1. The second-order valence-corrected chi connectivity index (χ2v) is 8.38. The van der Waals surface area contributed by atoms with E-state index >= 15 is 0 Å².